The standard InChI is InChI=1S/C23H45N2/c1-4-6-8-10-11-12-13-14-15-16-17-19-23-24(3)21-22-25(23)20-18-9-7-5-2/h21-22H,4-20H2,1-3H3/q+1. The SMILES string of the molecule is CCCCCCCCCCCCCc1n(C)cc[n+]1CCCCCC. The van der Waals surface area contributed by atoms with Crippen molar-refractivity contribution in [2.45, 2.75) is 123 Å². The highest BCUT2D eigenvalue weighted by Crippen LogP contribution is 2.12. The van der Waals surface area contributed by atoms with E-state index in [2.05, 4.69) is 42.4 Å². The molecule has 1 aromatic heterocycles. The lowest BCUT2D eigenvalue weighted by Gasteiger charge is -2.04. The van der Waals surface area contributed by atoms with E-state index in [0.717, 1.165) is 0 Å². The molecule has 0 amide bonds. The van der Waals surface area contributed by atoms with Crippen LogP contribution in [0.4, 0.5) is 0 Å². The predicted molar refractivity (Wildman–Crippen MR) is 110 cm³/mol. The van der Waals surface area contributed by atoms with Crippen LogP contribution in [0.15, 0.2) is 12.4 Å². The van der Waals surface area contributed by atoms with Crippen molar-refractivity contribution in [1.29, 1.82) is 0 Å². The average molecular weight is 350 g/mol. The van der Waals surface area contributed by atoms with E-state index in [9.17, 15) is 0 Å². The number of hydrogen-bond donors (Lipinski definition) is 0. The Morgan fingerprint density at radius 1 is 0.680 bits per heavy atom. The van der Waals surface area contributed by atoms with Gasteiger partial charge in [-0.1, -0.05) is 90.9 Å². The Morgan fingerprint density at radius 2 is 1.16 bits per heavy atom. The predicted octanol–water partition coefficient (Wildman–Crippen LogP) is 6.75. The van der Waals surface area contributed by atoms with Gasteiger partial charge in [0.05, 0.1) is 13.6 Å². The molecule has 25 heavy (non-hydrogen) atoms. The lowest BCUT2D eigenvalue weighted by Crippen LogP contribution is -2.37. The van der Waals surface area contributed by atoms with Crippen molar-refractivity contribution in [1.82, 2.24) is 4.57 Å². The smallest absolute Gasteiger partial charge is 0.237 e. The first kappa shape index (κ1) is 22.3. The summed E-state index contributed by atoms with van der Waals surface area (Å²) in [5, 5.41) is 0. The Labute approximate surface area is 158 Å². The molecular weight excluding hydrogens is 304 g/mol. The first-order valence-electron chi connectivity index (χ1n) is 11.3. The Kier molecular flexibility index (Phi) is 13.8. The quantitative estimate of drug-likeness (QED) is 0.217. The summed E-state index contributed by atoms with van der Waals surface area (Å²) in [6.45, 7) is 5.78. The zero-order valence-corrected chi connectivity index (χ0v) is 17.6. The average Bonchev–Trinajstić information content (AvgIpc) is 2.96. The second-order valence-corrected chi connectivity index (χ2v) is 7.86. The first-order chi connectivity index (χ1) is 12.3. The third-order valence-corrected chi connectivity index (χ3v) is 5.47. The van der Waals surface area contributed by atoms with E-state index in [1.165, 1.54) is 115 Å². The van der Waals surface area contributed by atoms with Gasteiger partial charge in [-0.2, -0.15) is 0 Å². The minimum atomic E-state index is 1.20. The van der Waals surface area contributed by atoms with E-state index in [4.69, 9.17) is 0 Å². The molecule has 0 unspecified atom stereocenters. The zero-order chi connectivity index (χ0) is 18.2. The van der Waals surface area contributed by atoms with Crippen molar-refractivity contribution < 1.29 is 4.57 Å². The Balaban J connectivity index is 2.05. The van der Waals surface area contributed by atoms with Gasteiger partial charge in [0.25, 0.3) is 5.82 Å². The second-order valence-electron chi connectivity index (χ2n) is 7.86. The number of imidazole rings is 1. The van der Waals surface area contributed by atoms with Gasteiger partial charge in [0.1, 0.15) is 12.4 Å². The van der Waals surface area contributed by atoms with Crippen LogP contribution in [0.25, 0.3) is 0 Å². The van der Waals surface area contributed by atoms with Crippen LogP contribution in [0, 0.1) is 0 Å². The highest BCUT2D eigenvalue weighted by molar-refractivity contribution is 4.82. The molecule has 1 rings (SSSR count). The fourth-order valence-corrected chi connectivity index (χ4v) is 3.73. The van der Waals surface area contributed by atoms with Crippen LogP contribution >= 0.6 is 0 Å². The van der Waals surface area contributed by atoms with Crippen molar-refractivity contribution in [2.24, 2.45) is 7.05 Å². The fraction of sp³-hybridized carbons (Fsp3) is 0.870. The summed E-state index contributed by atoms with van der Waals surface area (Å²) in [6, 6.07) is 0. The van der Waals surface area contributed by atoms with Gasteiger partial charge in [-0.25, -0.2) is 9.13 Å². The van der Waals surface area contributed by atoms with E-state index in [-0.39, 0.29) is 0 Å². The van der Waals surface area contributed by atoms with Gasteiger partial charge >= 0.3 is 0 Å². The molecule has 0 aromatic carbocycles. The van der Waals surface area contributed by atoms with Crippen LogP contribution in [0.2, 0.25) is 0 Å². The largest absolute Gasteiger partial charge is 0.256 e. The summed E-state index contributed by atoms with van der Waals surface area (Å²) in [5.41, 5.74) is 0. The molecule has 0 saturated carbocycles. The Hall–Kier alpha value is -0.790. The van der Waals surface area contributed by atoms with Crippen LogP contribution in [0.1, 0.15) is 116 Å². The van der Waals surface area contributed by atoms with E-state index >= 15 is 0 Å². The summed E-state index contributed by atoms with van der Waals surface area (Å²) >= 11 is 0. The molecule has 0 radical (unpaired) electrons. The number of nitrogens with zero attached hydrogens (tertiary/aromatic N) is 2. The maximum atomic E-state index is 2.49. The third kappa shape index (κ3) is 10.7. The summed E-state index contributed by atoms with van der Waals surface area (Å²) in [5.74, 6) is 1.52. The normalized spacial score (nSPS) is 11.3. The van der Waals surface area contributed by atoms with Crippen LogP contribution in [-0.2, 0) is 20.0 Å². The number of rotatable bonds is 17. The minimum Gasteiger partial charge on any atom is -0.237 e. The molecule has 0 atom stereocenters. The van der Waals surface area contributed by atoms with Gasteiger partial charge in [0, 0.05) is 6.42 Å². The third-order valence-electron chi connectivity index (χ3n) is 5.47. The fourth-order valence-electron chi connectivity index (χ4n) is 3.73. The summed E-state index contributed by atoms with van der Waals surface area (Å²) in [7, 11) is 2.20. The Morgan fingerprint density at radius 3 is 1.72 bits per heavy atom. The molecule has 0 aliphatic heterocycles. The van der Waals surface area contributed by atoms with Gasteiger partial charge in [-0.05, 0) is 19.3 Å². The summed E-state index contributed by atoms with van der Waals surface area (Å²) < 4.78 is 4.82. The molecule has 2 heteroatoms. The van der Waals surface area contributed by atoms with Gasteiger partial charge in [0.2, 0.25) is 0 Å². The van der Waals surface area contributed by atoms with E-state index in [1.54, 1.807) is 0 Å². The first-order valence-corrected chi connectivity index (χ1v) is 11.3. The lowest BCUT2D eigenvalue weighted by atomic mass is 10.1. The molecule has 0 spiro atoms. The van der Waals surface area contributed by atoms with Crippen molar-refractivity contribution in [2.75, 3.05) is 0 Å². The Bertz CT molecular complexity index is 408. The number of aromatic nitrogens is 2. The molecule has 0 fully saturated rings. The molecule has 0 saturated heterocycles. The van der Waals surface area contributed by atoms with Crippen molar-refractivity contribution in [3.63, 3.8) is 0 Å². The highest BCUT2D eigenvalue weighted by Gasteiger charge is 2.13. The van der Waals surface area contributed by atoms with Crippen LogP contribution < -0.4 is 4.57 Å². The molecule has 0 N–H and O–H groups in total. The van der Waals surface area contributed by atoms with Crippen molar-refractivity contribution in [3.05, 3.63) is 18.2 Å². The van der Waals surface area contributed by atoms with E-state index in [0.29, 0.717) is 0 Å². The number of unbranched alkanes of at least 4 members (excludes halogenated alkanes) is 13. The van der Waals surface area contributed by atoms with Crippen LogP contribution in [0.3, 0.4) is 0 Å². The van der Waals surface area contributed by atoms with E-state index in [1.807, 2.05) is 0 Å². The lowest BCUT2D eigenvalue weighted by molar-refractivity contribution is -0.704. The second kappa shape index (κ2) is 15.5. The molecule has 0 aliphatic rings. The number of hydrogen-bond acceptors (Lipinski definition) is 0. The number of aryl methyl sites for hydroxylation is 2. The summed E-state index contributed by atoms with van der Waals surface area (Å²) in [6.07, 6.45) is 26.8. The van der Waals surface area contributed by atoms with Crippen LogP contribution in [0.5, 0.6) is 0 Å². The van der Waals surface area contributed by atoms with E-state index < -0.39 is 0 Å². The van der Waals surface area contributed by atoms with Gasteiger partial charge < -0.3 is 0 Å². The maximum Gasteiger partial charge on any atom is 0.256 e. The molecule has 2 nitrogen and oxygen atoms in total. The molecule has 146 valence electrons. The topological polar surface area (TPSA) is 8.81 Å². The maximum absolute atomic E-state index is 2.49. The van der Waals surface area contributed by atoms with Crippen molar-refractivity contribution in [3.8, 4) is 0 Å². The highest BCUT2D eigenvalue weighted by atomic mass is 15.1. The van der Waals surface area contributed by atoms with Crippen molar-refractivity contribution >= 4 is 0 Å². The van der Waals surface area contributed by atoms with Gasteiger partial charge in [-0.15, -0.1) is 0 Å². The molecule has 0 bridgehead atoms. The van der Waals surface area contributed by atoms with Gasteiger partial charge in [0.15, 0.2) is 0 Å². The minimum absolute atomic E-state index is 1.20. The molecule has 1 aromatic rings. The monoisotopic (exact) mass is 349 g/mol. The van der Waals surface area contributed by atoms with Gasteiger partial charge in [-0.3, -0.25) is 0 Å². The van der Waals surface area contributed by atoms with Crippen LogP contribution in [-0.4, -0.2) is 4.57 Å². The molecular formula is C23H45N2+. The molecule has 1 heterocycles. The summed E-state index contributed by atoms with van der Waals surface area (Å²) in [4.78, 5) is 0. The molecule has 0 aliphatic carbocycles. The zero-order valence-electron chi connectivity index (χ0n) is 17.6.